The number of carbonyl (C=O) groups is 4. The van der Waals surface area contributed by atoms with Crippen LogP contribution in [0.25, 0.3) is 0 Å². The first-order chi connectivity index (χ1) is 14.9. The minimum Gasteiger partial charge on any atom is -0.366 e. The van der Waals surface area contributed by atoms with Crippen LogP contribution in [0.4, 0.5) is 10.5 Å². The van der Waals surface area contributed by atoms with Crippen molar-refractivity contribution in [2.45, 2.75) is 57.9 Å². The van der Waals surface area contributed by atoms with Gasteiger partial charge in [0.25, 0.3) is 0 Å². The van der Waals surface area contributed by atoms with Gasteiger partial charge in [-0.05, 0) is 44.0 Å². The first-order valence-electron chi connectivity index (χ1n) is 10.9. The summed E-state index contributed by atoms with van der Waals surface area (Å²) in [6, 6.07) is 6.27. The first-order valence-corrected chi connectivity index (χ1v) is 10.9. The number of urea groups is 1. The molecule has 9 nitrogen and oxygen atoms in total. The average molecular weight is 432 g/mol. The highest BCUT2D eigenvalue weighted by Gasteiger charge is 2.17. The Morgan fingerprint density at radius 1 is 1.03 bits per heavy atom. The van der Waals surface area contributed by atoms with Crippen LogP contribution < -0.4 is 21.7 Å². The molecule has 0 unspecified atom stereocenters. The van der Waals surface area contributed by atoms with Crippen molar-refractivity contribution in [3.8, 4) is 0 Å². The number of hydrogen-bond donors (Lipinski definition) is 4. The molecule has 1 aromatic rings. The van der Waals surface area contributed by atoms with Crippen molar-refractivity contribution < 1.29 is 19.2 Å². The fraction of sp³-hybridized carbons (Fsp3) is 0.545. The van der Waals surface area contributed by atoms with Gasteiger partial charge < -0.3 is 26.6 Å². The SMILES string of the molecule is CCN(CCC(=O)Nc1ccc(C(N)=O)cc1)C(=O)CCNC(=O)NC1CCCCC1. The topological polar surface area (TPSA) is 134 Å². The zero-order chi connectivity index (χ0) is 22.6. The smallest absolute Gasteiger partial charge is 0.315 e. The number of primary amides is 1. The Morgan fingerprint density at radius 2 is 1.71 bits per heavy atom. The zero-order valence-electron chi connectivity index (χ0n) is 18.1. The van der Waals surface area contributed by atoms with E-state index in [1.165, 1.54) is 18.6 Å². The summed E-state index contributed by atoms with van der Waals surface area (Å²) in [5, 5.41) is 8.42. The highest BCUT2D eigenvalue weighted by molar-refractivity contribution is 5.95. The van der Waals surface area contributed by atoms with Gasteiger partial charge >= 0.3 is 6.03 Å². The molecule has 0 aromatic heterocycles. The number of nitrogens with zero attached hydrogens (tertiary/aromatic N) is 1. The minimum absolute atomic E-state index is 0.112. The van der Waals surface area contributed by atoms with Gasteiger partial charge in [-0.3, -0.25) is 14.4 Å². The van der Waals surface area contributed by atoms with Crippen LogP contribution in [0.1, 0.15) is 62.2 Å². The lowest BCUT2D eigenvalue weighted by Crippen LogP contribution is -2.44. The van der Waals surface area contributed by atoms with Crippen LogP contribution in [0.15, 0.2) is 24.3 Å². The van der Waals surface area contributed by atoms with E-state index >= 15 is 0 Å². The van der Waals surface area contributed by atoms with Crippen molar-refractivity contribution in [1.29, 1.82) is 0 Å². The molecule has 5 N–H and O–H groups in total. The number of rotatable bonds is 10. The first kappa shape index (κ1) is 24.2. The predicted molar refractivity (Wildman–Crippen MR) is 118 cm³/mol. The molecule has 5 amide bonds. The number of amides is 5. The van der Waals surface area contributed by atoms with Crippen LogP contribution in [0, 0.1) is 0 Å². The second-order valence-corrected chi connectivity index (χ2v) is 7.70. The fourth-order valence-corrected chi connectivity index (χ4v) is 3.56. The van der Waals surface area contributed by atoms with Crippen LogP contribution in [-0.4, -0.2) is 54.3 Å². The Morgan fingerprint density at radius 3 is 2.32 bits per heavy atom. The summed E-state index contributed by atoms with van der Waals surface area (Å²) in [6.07, 6.45) is 5.85. The van der Waals surface area contributed by atoms with Gasteiger partial charge in [-0.2, -0.15) is 0 Å². The lowest BCUT2D eigenvalue weighted by Gasteiger charge is -2.23. The van der Waals surface area contributed by atoms with Crippen molar-refractivity contribution >= 4 is 29.4 Å². The van der Waals surface area contributed by atoms with Crippen LogP contribution in [0.5, 0.6) is 0 Å². The maximum atomic E-state index is 12.4. The van der Waals surface area contributed by atoms with E-state index in [2.05, 4.69) is 16.0 Å². The van der Waals surface area contributed by atoms with Gasteiger partial charge in [0.05, 0.1) is 0 Å². The van der Waals surface area contributed by atoms with Gasteiger partial charge in [0.2, 0.25) is 17.7 Å². The molecule has 1 aliphatic rings. The molecule has 0 atom stereocenters. The van der Waals surface area contributed by atoms with Crippen molar-refractivity contribution in [1.82, 2.24) is 15.5 Å². The molecular weight excluding hydrogens is 398 g/mol. The van der Waals surface area contributed by atoms with Gasteiger partial charge in [-0.25, -0.2) is 4.79 Å². The van der Waals surface area contributed by atoms with E-state index in [9.17, 15) is 19.2 Å². The van der Waals surface area contributed by atoms with Crippen LogP contribution in [0.2, 0.25) is 0 Å². The molecule has 0 aliphatic heterocycles. The summed E-state index contributed by atoms with van der Waals surface area (Å²) >= 11 is 0. The van der Waals surface area contributed by atoms with E-state index in [-0.39, 0.29) is 49.8 Å². The number of anilines is 1. The van der Waals surface area contributed by atoms with Crippen LogP contribution in [-0.2, 0) is 9.59 Å². The molecular formula is C22H33N5O4. The number of hydrogen-bond acceptors (Lipinski definition) is 4. The number of benzene rings is 1. The van der Waals surface area contributed by atoms with Crippen molar-refractivity contribution in [3.05, 3.63) is 29.8 Å². The molecule has 1 saturated carbocycles. The Bertz CT molecular complexity index is 760. The van der Waals surface area contributed by atoms with Gasteiger partial charge in [-0.15, -0.1) is 0 Å². The van der Waals surface area contributed by atoms with Crippen LogP contribution in [0.3, 0.4) is 0 Å². The molecule has 170 valence electrons. The van der Waals surface area contributed by atoms with E-state index in [0.29, 0.717) is 17.8 Å². The maximum absolute atomic E-state index is 12.4. The van der Waals surface area contributed by atoms with E-state index in [4.69, 9.17) is 5.73 Å². The Kier molecular flexibility index (Phi) is 9.80. The van der Waals surface area contributed by atoms with Crippen molar-refractivity contribution in [3.63, 3.8) is 0 Å². The second kappa shape index (κ2) is 12.6. The molecule has 1 aliphatic carbocycles. The summed E-state index contributed by atoms with van der Waals surface area (Å²) < 4.78 is 0. The number of carbonyl (C=O) groups excluding carboxylic acids is 4. The summed E-state index contributed by atoms with van der Waals surface area (Å²) in [4.78, 5) is 49.2. The quantitative estimate of drug-likeness (QED) is 0.451. The molecule has 0 radical (unpaired) electrons. The zero-order valence-corrected chi connectivity index (χ0v) is 18.1. The maximum Gasteiger partial charge on any atom is 0.315 e. The Labute approximate surface area is 183 Å². The van der Waals surface area contributed by atoms with Crippen LogP contribution >= 0.6 is 0 Å². The second-order valence-electron chi connectivity index (χ2n) is 7.70. The van der Waals surface area contributed by atoms with E-state index < -0.39 is 5.91 Å². The van der Waals surface area contributed by atoms with Gasteiger partial charge in [0.1, 0.15) is 0 Å². The Balaban J connectivity index is 1.67. The third-order valence-corrected chi connectivity index (χ3v) is 5.36. The average Bonchev–Trinajstić information content (AvgIpc) is 2.75. The van der Waals surface area contributed by atoms with Gasteiger partial charge in [-0.1, -0.05) is 19.3 Å². The molecule has 1 fully saturated rings. The highest BCUT2D eigenvalue weighted by atomic mass is 16.2. The highest BCUT2D eigenvalue weighted by Crippen LogP contribution is 2.17. The molecule has 1 aromatic carbocycles. The largest absolute Gasteiger partial charge is 0.366 e. The summed E-state index contributed by atoms with van der Waals surface area (Å²) in [5.74, 6) is -0.877. The van der Waals surface area contributed by atoms with Crippen molar-refractivity contribution in [2.75, 3.05) is 25.0 Å². The number of nitrogens with two attached hydrogens (primary N) is 1. The molecule has 0 spiro atoms. The predicted octanol–water partition coefficient (Wildman–Crippen LogP) is 1.98. The molecule has 0 bridgehead atoms. The normalized spacial score (nSPS) is 13.8. The molecule has 0 saturated heterocycles. The summed E-state index contributed by atoms with van der Waals surface area (Å²) in [7, 11) is 0. The van der Waals surface area contributed by atoms with Gasteiger partial charge in [0.15, 0.2) is 0 Å². The molecule has 31 heavy (non-hydrogen) atoms. The van der Waals surface area contributed by atoms with Gasteiger partial charge in [0, 0.05) is 49.8 Å². The minimum atomic E-state index is -0.532. The number of nitrogens with one attached hydrogen (secondary N) is 3. The fourth-order valence-electron chi connectivity index (χ4n) is 3.56. The van der Waals surface area contributed by atoms with E-state index in [1.54, 1.807) is 17.0 Å². The van der Waals surface area contributed by atoms with E-state index in [1.807, 2.05) is 6.92 Å². The van der Waals surface area contributed by atoms with E-state index in [0.717, 1.165) is 25.7 Å². The molecule has 9 heteroatoms. The van der Waals surface area contributed by atoms with Crippen molar-refractivity contribution in [2.24, 2.45) is 5.73 Å². The monoisotopic (exact) mass is 431 g/mol. The molecule has 2 rings (SSSR count). The summed E-state index contributed by atoms with van der Waals surface area (Å²) in [6.45, 7) is 2.87. The lowest BCUT2D eigenvalue weighted by atomic mass is 9.96. The summed E-state index contributed by atoms with van der Waals surface area (Å²) in [5.41, 5.74) is 6.11. The third-order valence-electron chi connectivity index (χ3n) is 5.36. The lowest BCUT2D eigenvalue weighted by molar-refractivity contribution is -0.131. The molecule has 0 heterocycles. The Hall–Kier alpha value is -3.10. The standard InChI is InChI=1S/C22H33N5O4/c1-2-27(15-13-19(28)25-18-10-8-16(9-11-18)21(23)30)20(29)12-14-24-22(31)26-17-6-4-3-5-7-17/h8-11,17H,2-7,12-15H2,1H3,(H2,23,30)(H,25,28)(H2,24,26,31). The third kappa shape index (κ3) is 8.65.